The standard InChI is InChI=1S/C9H9F2NO/c1-2-6-7(10)3-5(9(12)13)4-8(6)11/h3-4H,2H2,1H3,(H2,12,13). The molecule has 2 nitrogen and oxygen atoms in total. The molecular formula is C9H9F2NO. The molecule has 0 aliphatic rings. The number of primary amides is 1. The van der Waals surface area contributed by atoms with Crippen LogP contribution < -0.4 is 5.73 Å². The fraction of sp³-hybridized carbons (Fsp3) is 0.222. The minimum Gasteiger partial charge on any atom is -0.366 e. The summed E-state index contributed by atoms with van der Waals surface area (Å²) in [5, 5.41) is 0. The molecule has 0 unspecified atom stereocenters. The van der Waals surface area contributed by atoms with E-state index in [2.05, 4.69) is 0 Å². The summed E-state index contributed by atoms with van der Waals surface area (Å²) < 4.78 is 26.0. The third-order valence-corrected chi connectivity index (χ3v) is 1.78. The predicted molar refractivity (Wildman–Crippen MR) is 44.3 cm³/mol. The number of hydrogen-bond donors (Lipinski definition) is 1. The molecule has 0 aromatic heterocycles. The van der Waals surface area contributed by atoms with E-state index < -0.39 is 17.5 Å². The third kappa shape index (κ3) is 1.83. The van der Waals surface area contributed by atoms with Crippen LogP contribution in [0.2, 0.25) is 0 Å². The van der Waals surface area contributed by atoms with Gasteiger partial charge >= 0.3 is 0 Å². The number of carbonyl (C=O) groups excluding carboxylic acids is 1. The highest BCUT2D eigenvalue weighted by atomic mass is 19.1. The molecule has 0 aliphatic carbocycles. The molecule has 0 radical (unpaired) electrons. The van der Waals surface area contributed by atoms with Crippen molar-refractivity contribution in [3.05, 3.63) is 34.9 Å². The van der Waals surface area contributed by atoms with E-state index in [0.29, 0.717) is 0 Å². The maximum Gasteiger partial charge on any atom is 0.248 e. The fourth-order valence-electron chi connectivity index (χ4n) is 1.08. The number of amides is 1. The van der Waals surface area contributed by atoms with Crippen LogP contribution in [0, 0.1) is 11.6 Å². The van der Waals surface area contributed by atoms with Crippen LogP contribution in [0.15, 0.2) is 12.1 Å². The Labute approximate surface area is 74.4 Å². The molecule has 1 rings (SSSR count). The van der Waals surface area contributed by atoms with Gasteiger partial charge in [-0.25, -0.2) is 8.78 Å². The summed E-state index contributed by atoms with van der Waals surface area (Å²) in [4.78, 5) is 10.6. The van der Waals surface area contributed by atoms with Crippen LogP contribution in [-0.4, -0.2) is 5.91 Å². The van der Waals surface area contributed by atoms with E-state index in [9.17, 15) is 13.6 Å². The lowest BCUT2D eigenvalue weighted by Crippen LogP contribution is -2.12. The molecule has 1 amide bonds. The summed E-state index contributed by atoms with van der Waals surface area (Å²) in [7, 11) is 0. The molecule has 4 heteroatoms. The minimum atomic E-state index is -0.833. The second-order valence-electron chi connectivity index (χ2n) is 2.64. The molecule has 2 N–H and O–H groups in total. The summed E-state index contributed by atoms with van der Waals surface area (Å²) in [5.41, 5.74) is 4.70. The predicted octanol–water partition coefficient (Wildman–Crippen LogP) is 1.63. The summed E-state index contributed by atoms with van der Waals surface area (Å²) in [5.74, 6) is -2.28. The van der Waals surface area contributed by atoms with Crippen molar-refractivity contribution in [1.29, 1.82) is 0 Å². The van der Waals surface area contributed by atoms with Gasteiger partial charge in [0, 0.05) is 11.1 Å². The minimum absolute atomic E-state index is 0.0231. The van der Waals surface area contributed by atoms with Crippen molar-refractivity contribution < 1.29 is 13.6 Å². The van der Waals surface area contributed by atoms with E-state index in [1.807, 2.05) is 0 Å². The van der Waals surface area contributed by atoms with E-state index in [-0.39, 0.29) is 17.5 Å². The Bertz CT molecular complexity index is 326. The largest absolute Gasteiger partial charge is 0.366 e. The van der Waals surface area contributed by atoms with Gasteiger partial charge < -0.3 is 5.73 Å². The molecule has 0 atom stereocenters. The van der Waals surface area contributed by atoms with Crippen LogP contribution in [0.3, 0.4) is 0 Å². The van der Waals surface area contributed by atoms with Crippen molar-refractivity contribution in [2.24, 2.45) is 5.73 Å². The quantitative estimate of drug-likeness (QED) is 0.747. The highest BCUT2D eigenvalue weighted by Crippen LogP contribution is 2.15. The smallest absolute Gasteiger partial charge is 0.248 e. The summed E-state index contributed by atoms with van der Waals surface area (Å²) >= 11 is 0. The van der Waals surface area contributed by atoms with E-state index in [1.54, 1.807) is 6.92 Å². The van der Waals surface area contributed by atoms with Crippen molar-refractivity contribution in [3.63, 3.8) is 0 Å². The molecule has 0 spiro atoms. The van der Waals surface area contributed by atoms with Crippen molar-refractivity contribution in [1.82, 2.24) is 0 Å². The van der Waals surface area contributed by atoms with E-state index in [0.717, 1.165) is 12.1 Å². The first-order chi connectivity index (χ1) is 6.06. The Morgan fingerprint density at radius 2 is 1.85 bits per heavy atom. The number of hydrogen-bond acceptors (Lipinski definition) is 1. The average Bonchev–Trinajstić information content (AvgIpc) is 2.03. The van der Waals surface area contributed by atoms with Crippen LogP contribution in [-0.2, 0) is 6.42 Å². The zero-order valence-corrected chi connectivity index (χ0v) is 7.10. The SMILES string of the molecule is CCc1c(F)cc(C(N)=O)cc1F. The van der Waals surface area contributed by atoms with Crippen LogP contribution in [0.1, 0.15) is 22.8 Å². The molecule has 0 fully saturated rings. The number of nitrogens with two attached hydrogens (primary N) is 1. The normalized spacial score (nSPS) is 10.1. The summed E-state index contributed by atoms with van der Waals surface area (Å²) in [6, 6.07) is 1.90. The fourth-order valence-corrected chi connectivity index (χ4v) is 1.08. The molecule has 1 aromatic rings. The van der Waals surface area contributed by atoms with Gasteiger partial charge in [0.05, 0.1) is 0 Å². The lowest BCUT2D eigenvalue weighted by molar-refractivity contribution is 0.0999. The second kappa shape index (κ2) is 3.51. The van der Waals surface area contributed by atoms with Crippen molar-refractivity contribution in [2.45, 2.75) is 13.3 Å². The molecule has 1 aromatic carbocycles. The first kappa shape index (κ1) is 9.64. The Balaban J connectivity index is 3.28. The molecule has 0 saturated heterocycles. The van der Waals surface area contributed by atoms with Crippen LogP contribution in [0.5, 0.6) is 0 Å². The molecule has 13 heavy (non-hydrogen) atoms. The average molecular weight is 185 g/mol. The van der Waals surface area contributed by atoms with Crippen LogP contribution in [0.4, 0.5) is 8.78 Å². The number of carbonyl (C=O) groups is 1. The Kier molecular flexibility index (Phi) is 2.60. The molecule has 0 saturated carbocycles. The lowest BCUT2D eigenvalue weighted by Gasteiger charge is -2.03. The highest BCUT2D eigenvalue weighted by molar-refractivity contribution is 5.92. The lowest BCUT2D eigenvalue weighted by atomic mass is 10.1. The van der Waals surface area contributed by atoms with Crippen molar-refractivity contribution in [3.8, 4) is 0 Å². The highest BCUT2D eigenvalue weighted by Gasteiger charge is 2.11. The third-order valence-electron chi connectivity index (χ3n) is 1.78. The van der Waals surface area contributed by atoms with Gasteiger partial charge in [-0.1, -0.05) is 6.92 Å². The summed E-state index contributed by atoms with van der Waals surface area (Å²) in [6.45, 7) is 1.63. The Hall–Kier alpha value is -1.45. The first-order valence-electron chi connectivity index (χ1n) is 3.84. The monoisotopic (exact) mass is 185 g/mol. The molecule has 0 bridgehead atoms. The number of benzene rings is 1. The zero-order valence-electron chi connectivity index (χ0n) is 7.10. The van der Waals surface area contributed by atoms with Gasteiger partial charge in [-0.3, -0.25) is 4.79 Å². The van der Waals surface area contributed by atoms with Crippen molar-refractivity contribution in [2.75, 3.05) is 0 Å². The molecule has 70 valence electrons. The second-order valence-corrected chi connectivity index (χ2v) is 2.64. The Morgan fingerprint density at radius 1 is 1.38 bits per heavy atom. The number of rotatable bonds is 2. The zero-order chi connectivity index (χ0) is 10.0. The molecule has 0 aliphatic heterocycles. The van der Waals surface area contributed by atoms with E-state index in [1.165, 1.54) is 0 Å². The first-order valence-corrected chi connectivity index (χ1v) is 3.84. The summed E-state index contributed by atoms with van der Waals surface area (Å²) in [6.07, 6.45) is 0.247. The van der Waals surface area contributed by atoms with Gasteiger partial charge in [0.15, 0.2) is 0 Å². The van der Waals surface area contributed by atoms with Gasteiger partial charge in [-0.2, -0.15) is 0 Å². The van der Waals surface area contributed by atoms with Crippen LogP contribution in [0.25, 0.3) is 0 Å². The van der Waals surface area contributed by atoms with Gasteiger partial charge in [-0.05, 0) is 18.6 Å². The van der Waals surface area contributed by atoms with Crippen LogP contribution >= 0.6 is 0 Å². The number of halogens is 2. The van der Waals surface area contributed by atoms with Gasteiger partial charge in [0.25, 0.3) is 0 Å². The maximum atomic E-state index is 13.0. The van der Waals surface area contributed by atoms with Gasteiger partial charge in [0.1, 0.15) is 11.6 Å². The molecule has 0 heterocycles. The van der Waals surface area contributed by atoms with Gasteiger partial charge in [-0.15, -0.1) is 0 Å². The van der Waals surface area contributed by atoms with E-state index >= 15 is 0 Å². The maximum absolute atomic E-state index is 13.0. The van der Waals surface area contributed by atoms with Gasteiger partial charge in [0.2, 0.25) is 5.91 Å². The molecular weight excluding hydrogens is 176 g/mol. The Morgan fingerprint density at radius 3 is 2.15 bits per heavy atom. The van der Waals surface area contributed by atoms with Crippen molar-refractivity contribution >= 4 is 5.91 Å². The topological polar surface area (TPSA) is 43.1 Å². The van der Waals surface area contributed by atoms with E-state index in [4.69, 9.17) is 5.73 Å².